The fourth-order valence-electron chi connectivity index (χ4n) is 8.44. The number of carbonyl (C=O) groups excluding carboxylic acids is 1. The number of aliphatic hydroxyl groups excluding tert-OH is 3. The van der Waals surface area contributed by atoms with Crippen LogP contribution in [0.1, 0.15) is 58.8 Å². The van der Waals surface area contributed by atoms with E-state index in [4.69, 9.17) is 4.74 Å². The van der Waals surface area contributed by atoms with Crippen LogP contribution in [-0.4, -0.2) is 56.9 Å². The lowest BCUT2D eigenvalue weighted by Crippen LogP contribution is -2.67. The fourth-order valence-corrected chi connectivity index (χ4v) is 8.44. The standard InChI is InChI=1S/C23H34O6/c1-21-6-5-14(24)8-13(21)3-4-15-16(21)9-18(26)22(2)20(12-7-19(27)29-11-12)17(25)10-23(15,22)28/h7,13-18,20,24-26,28H,3-6,8-11H2,1-2H3/t13-,14+,15-,16+,17+,18-,20+,21+,22-,23+/m1/s1. The van der Waals surface area contributed by atoms with E-state index in [2.05, 4.69) is 6.92 Å². The quantitative estimate of drug-likeness (QED) is 0.492. The van der Waals surface area contributed by atoms with E-state index >= 15 is 0 Å². The number of fused-ring (bicyclic) bond motifs is 5. The smallest absolute Gasteiger partial charge is 0.331 e. The summed E-state index contributed by atoms with van der Waals surface area (Å²) in [5, 5.41) is 44.8. The molecular formula is C23H34O6. The van der Waals surface area contributed by atoms with Gasteiger partial charge in [-0.15, -0.1) is 0 Å². The summed E-state index contributed by atoms with van der Waals surface area (Å²) in [6.45, 7) is 4.32. The Morgan fingerprint density at radius 1 is 1.07 bits per heavy atom. The van der Waals surface area contributed by atoms with E-state index in [-0.39, 0.29) is 36.4 Å². The van der Waals surface area contributed by atoms with Gasteiger partial charge in [-0.2, -0.15) is 0 Å². The number of hydrogen-bond donors (Lipinski definition) is 4. The summed E-state index contributed by atoms with van der Waals surface area (Å²) < 4.78 is 5.09. The normalized spacial score (nSPS) is 56.8. The first-order valence-corrected chi connectivity index (χ1v) is 11.2. The van der Waals surface area contributed by atoms with Crippen LogP contribution in [0.4, 0.5) is 0 Å². The molecule has 0 saturated heterocycles. The van der Waals surface area contributed by atoms with Crippen molar-refractivity contribution in [1.29, 1.82) is 0 Å². The molecule has 6 heteroatoms. The highest BCUT2D eigenvalue weighted by atomic mass is 16.5. The van der Waals surface area contributed by atoms with Crippen molar-refractivity contribution in [3.8, 4) is 0 Å². The minimum Gasteiger partial charge on any atom is -0.458 e. The third-order valence-corrected chi connectivity index (χ3v) is 10.0. The van der Waals surface area contributed by atoms with Crippen LogP contribution in [0.5, 0.6) is 0 Å². The molecule has 0 aromatic heterocycles. The van der Waals surface area contributed by atoms with E-state index in [1.807, 2.05) is 6.92 Å². The predicted octanol–water partition coefficient (Wildman–Crippen LogP) is 1.55. The molecule has 0 aromatic carbocycles. The molecule has 4 fully saturated rings. The van der Waals surface area contributed by atoms with Gasteiger partial charge in [-0.1, -0.05) is 13.8 Å². The van der Waals surface area contributed by atoms with E-state index in [1.165, 1.54) is 6.08 Å². The molecule has 29 heavy (non-hydrogen) atoms. The van der Waals surface area contributed by atoms with Gasteiger partial charge in [-0.25, -0.2) is 4.79 Å². The molecule has 0 amide bonds. The highest BCUT2D eigenvalue weighted by Gasteiger charge is 2.73. The van der Waals surface area contributed by atoms with Gasteiger partial charge in [0, 0.05) is 23.8 Å². The van der Waals surface area contributed by atoms with Gasteiger partial charge in [-0.05, 0) is 67.3 Å². The van der Waals surface area contributed by atoms with Crippen molar-refractivity contribution in [2.45, 2.75) is 82.7 Å². The van der Waals surface area contributed by atoms with Crippen LogP contribution in [0, 0.1) is 34.5 Å². The van der Waals surface area contributed by atoms with Crippen molar-refractivity contribution in [2.75, 3.05) is 6.61 Å². The average molecular weight is 407 g/mol. The van der Waals surface area contributed by atoms with Gasteiger partial charge >= 0.3 is 5.97 Å². The highest BCUT2D eigenvalue weighted by molar-refractivity contribution is 5.85. The molecule has 5 rings (SSSR count). The summed E-state index contributed by atoms with van der Waals surface area (Å²) in [5.74, 6) is -0.302. The van der Waals surface area contributed by atoms with Gasteiger partial charge in [0.15, 0.2) is 0 Å². The second kappa shape index (κ2) is 6.28. The molecule has 5 aliphatic rings. The zero-order chi connectivity index (χ0) is 20.8. The minimum absolute atomic E-state index is 0.00503. The number of cyclic esters (lactones) is 1. The minimum atomic E-state index is -1.18. The summed E-state index contributed by atoms with van der Waals surface area (Å²) in [4.78, 5) is 11.7. The van der Waals surface area contributed by atoms with Crippen LogP contribution in [0.15, 0.2) is 11.6 Å². The number of hydrogen-bond acceptors (Lipinski definition) is 6. The van der Waals surface area contributed by atoms with Crippen molar-refractivity contribution < 1.29 is 30.0 Å². The van der Waals surface area contributed by atoms with E-state index in [0.717, 1.165) is 32.1 Å². The number of aliphatic hydroxyl groups is 4. The zero-order valence-electron chi connectivity index (χ0n) is 17.4. The molecule has 6 nitrogen and oxygen atoms in total. The lowest BCUT2D eigenvalue weighted by atomic mass is 9.42. The van der Waals surface area contributed by atoms with E-state index in [1.54, 1.807) is 0 Å². The molecule has 4 saturated carbocycles. The van der Waals surface area contributed by atoms with Crippen LogP contribution >= 0.6 is 0 Å². The largest absolute Gasteiger partial charge is 0.458 e. The number of carbonyl (C=O) groups is 1. The van der Waals surface area contributed by atoms with E-state index < -0.39 is 35.1 Å². The van der Waals surface area contributed by atoms with Crippen LogP contribution in [0.25, 0.3) is 0 Å². The Morgan fingerprint density at radius 3 is 2.52 bits per heavy atom. The van der Waals surface area contributed by atoms with Gasteiger partial charge in [0.1, 0.15) is 6.61 Å². The SMILES string of the molecule is C[C@]12CC[C@H](O)C[C@H]1CC[C@@H]1[C@@H]2C[C@@H](O)[C@]2(C)[C@@H](C3=CC(=O)OC3)[C@@H](O)C[C@]12O. The number of ether oxygens (including phenoxy) is 1. The molecule has 4 N–H and O–H groups in total. The lowest BCUT2D eigenvalue weighted by Gasteiger charge is -2.64. The molecule has 10 atom stereocenters. The summed E-state index contributed by atoms with van der Waals surface area (Å²) >= 11 is 0. The highest BCUT2D eigenvalue weighted by Crippen LogP contribution is 2.69. The molecule has 4 aliphatic carbocycles. The molecule has 0 bridgehead atoms. The molecule has 0 spiro atoms. The number of rotatable bonds is 1. The Labute approximate surface area is 172 Å². The first kappa shape index (κ1) is 20.0. The van der Waals surface area contributed by atoms with Gasteiger partial charge in [0.25, 0.3) is 0 Å². The summed E-state index contributed by atoms with van der Waals surface area (Å²) in [6, 6.07) is 0. The summed E-state index contributed by atoms with van der Waals surface area (Å²) in [6.07, 6.45) is 4.76. The lowest BCUT2D eigenvalue weighted by molar-refractivity contribution is -0.245. The summed E-state index contributed by atoms with van der Waals surface area (Å²) in [7, 11) is 0. The van der Waals surface area contributed by atoms with Gasteiger partial charge < -0.3 is 25.2 Å². The Bertz CT molecular complexity index is 750. The second-order valence-corrected chi connectivity index (χ2v) is 11.0. The van der Waals surface area contributed by atoms with Crippen LogP contribution in [0.2, 0.25) is 0 Å². The fraction of sp³-hybridized carbons (Fsp3) is 0.870. The summed E-state index contributed by atoms with van der Waals surface area (Å²) in [5.41, 5.74) is -1.41. The monoisotopic (exact) mass is 406 g/mol. The molecule has 0 unspecified atom stereocenters. The Morgan fingerprint density at radius 2 is 1.83 bits per heavy atom. The number of esters is 1. The predicted molar refractivity (Wildman–Crippen MR) is 105 cm³/mol. The first-order valence-electron chi connectivity index (χ1n) is 11.2. The molecule has 0 aromatic rings. The van der Waals surface area contributed by atoms with Gasteiger partial charge in [0.2, 0.25) is 0 Å². The average Bonchev–Trinajstić information content (AvgIpc) is 3.15. The Balaban J connectivity index is 1.54. The van der Waals surface area contributed by atoms with Crippen molar-refractivity contribution in [1.82, 2.24) is 0 Å². The van der Waals surface area contributed by atoms with Crippen molar-refractivity contribution in [2.24, 2.45) is 34.5 Å². The van der Waals surface area contributed by atoms with E-state index in [9.17, 15) is 25.2 Å². The topological polar surface area (TPSA) is 107 Å². The molecule has 1 aliphatic heterocycles. The molecular weight excluding hydrogens is 372 g/mol. The Kier molecular flexibility index (Phi) is 4.33. The maximum atomic E-state index is 12.1. The third-order valence-electron chi connectivity index (χ3n) is 10.0. The van der Waals surface area contributed by atoms with Crippen LogP contribution < -0.4 is 0 Å². The maximum absolute atomic E-state index is 12.1. The maximum Gasteiger partial charge on any atom is 0.331 e. The zero-order valence-corrected chi connectivity index (χ0v) is 17.4. The first-order chi connectivity index (χ1) is 13.6. The molecule has 0 radical (unpaired) electrons. The van der Waals surface area contributed by atoms with Gasteiger partial charge in [0.05, 0.1) is 23.9 Å². The third kappa shape index (κ3) is 2.46. The molecule has 1 heterocycles. The van der Waals surface area contributed by atoms with Crippen molar-refractivity contribution >= 4 is 5.97 Å². The van der Waals surface area contributed by atoms with E-state index in [0.29, 0.717) is 17.9 Å². The van der Waals surface area contributed by atoms with Gasteiger partial charge in [-0.3, -0.25) is 0 Å². The van der Waals surface area contributed by atoms with Crippen molar-refractivity contribution in [3.05, 3.63) is 11.6 Å². The Hall–Kier alpha value is -0.950. The van der Waals surface area contributed by atoms with Crippen LogP contribution in [-0.2, 0) is 9.53 Å². The molecule has 162 valence electrons. The van der Waals surface area contributed by atoms with Crippen LogP contribution in [0.3, 0.4) is 0 Å². The second-order valence-electron chi connectivity index (χ2n) is 11.0. The van der Waals surface area contributed by atoms with Crippen molar-refractivity contribution in [3.63, 3.8) is 0 Å².